The molecule has 0 aliphatic carbocycles. The molecule has 0 radical (unpaired) electrons. The van der Waals surface area contributed by atoms with Crippen molar-refractivity contribution in [2.45, 2.75) is 0 Å². The topological polar surface area (TPSA) is 62.3 Å². The van der Waals surface area contributed by atoms with Gasteiger partial charge in [0.15, 0.2) is 0 Å². The van der Waals surface area contributed by atoms with Crippen LogP contribution in [0.3, 0.4) is 0 Å². The molecule has 4 aromatic carbocycles. The highest BCUT2D eigenvalue weighted by molar-refractivity contribution is 6.98. The van der Waals surface area contributed by atoms with Crippen LogP contribution in [0.2, 0.25) is 0 Å². The lowest BCUT2D eigenvalue weighted by Gasteiger charge is -2.33. The van der Waals surface area contributed by atoms with Crippen molar-refractivity contribution in [1.29, 1.82) is 0 Å². The van der Waals surface area contributed by atoms with Gasteiger partial charge in [-0.2, -0.15) is 0 Å². The van der Waals surface area contributed by atoms with Crippen LogP contribution in [0.15, 0.2) is 114 Å². The summed E-state index contributed by atoms with van der Waals surface area (Å²) in [5, 5.41) is 4.43. The van der Waals surface area contributed by atoms with Crippen molar-refractivity contribution >= 4 is 66.8 Å². The third-order valence-electron chi connectivity index (χ3n) is 8.50. The second kappa shape index (κ2) is 7.55. The normalized spacial score (nSPS) is 13.2. The Morgan fingerprint density at radius 2 is 1.29 bits per heavy atom. The van der Waals surface area contributed by atoms with Gasteiger partial charge in [0.1, 0.15) is 39.9 Å². The molecule has 0 saturated carbocycles. The zero-order valence-corrected chi connectivity index (χ0v) is 21.5. The van der Waals surface area contributed by atoms with E-state index < -0.39 is 0 Å². The summed E-state index contributed by atoms with van der Waals surface area (Å²) in [5.74, 6) is 2.88. The molecule has 0 N–H and O–H groups in total. The van der Waals surface area contributed by atoms with Gasteiger partial charge in [-0.25, -0.2) is 0 Å². The van der Waals surface area contributed by atoms with E-state index in [2.05, 4.69) is 81.3 Å². The number of pyridine rings is 2. The highest BCUT2D eigenvalue weighted by Gasteiger charge is 2.42. The SMILES string of the molecule is c1ccc2c(c1)oc1cc3c(c(-n4c5ccccc5c5ccccc54)c12)Oc1cncc2c1B3c1ccncc1O2. The van der Waals surface area contributed by atoms with Crippen molar-refractivity contribution in [2.24, 2.45) is 0 Å². The van der Waals surface area contributed by atoms with E-state index in [1.54, 1.807) is 18.6 Å². The predicted octanol–water partition coefficient (Wildman–Crippen LogP) is 6.20. The molecule has 2 aliphatic rings. The average molecular weight is 527 g/mol. The average Bonchev–Trinajstić information content (AvgIpc) is 3.56. The second-order valence-corrected chi connectivity index (χ2v) is 10.6. The van der Waals surface area contributed by atoms with Crippen molar-refractivity contribution in [1.82, 2.24) is 14.5 Å². The Labute approximate surface area is 233 Å². The van der Waals surface area contributed by atoms with Gasteiger partial charge < -0.3 is 18.5 Å². The number of fused-ring (bicyclic) bond motifs is 10. The van der Waals surface area contributed by atoms with Gasteiger partial charge >= 0.3 is 0 Å². The second-order valence-electron chi connectivity index (χ2n) is 10.6. The van der Waals surface area contributed by atoms with Crippen LogP contribution in [0.25, 0.3) is 49.4 Å². The monoisotopic (exact) mass is 527 g/mol. The Morgan fingerprint density at radius 3 is 2.10 bits per heavy atom. The smallest absolute Gasteiger partial charge is 0.261 e. The lowest BCUT2D eigenvalue weighted by Crippen LogP contribution is -2.57. The first-order chi connectivity index (χ1) is 20.3. The highest BCUT2D eigenvalue weighted by atomic mass is 16.5. The van der Waals surface area contributed by atoms with Crippen LogP contribution in [0.4, 0.5) is 0 Å². The fourth-order valence-electron chi connectivity index (χ4n) is 6.87. The predicted molar refractivity (Wildman–Crippen MR) is 161 cm³/mol. The molecule has 0 unspecified atom stereocenters. The van der Waals surface area contributed by atoms with E-state index >= 15 is 0 Å². The van der Waals surface area contributed by atoms with Crippen molar-refractivity contribution in [3.8, 4) is 28.7 Å². The minimum absolute atomic E-state index is 0.136. The Balaban J connectivity index is 1.43. The van der Waals surface area contributed by atoms with Crippen LogP contribution in [-0.4, -0.2) is 21.2 Å². The molecule has 2 aliphatic heterocycles. The summed E-state index contributed by atoms with van der Waals surface area (Å²) in [5.41, 5.74) is 7.83. The maximum Gasteiger partial charge on any atom is 0.261 e. The summed E-state index contributed by atoms with van der Waals surface area (Å²) >= 11 is 0. The standard InChI is InChI=1S/C34H18BN3O3/c1-4-10-24-19(7-1)20-8-2-5-11-25(20)38(24)33-31-21-9-3-6-12-26(21)39-27(31)15-23-34(33)41-30-18-37-17-29-32(30)35(23)22-13-14-36-16-28(22)40-29/h1-18H. The molecule has 6 nitrogen and oxygen atoms in total. The van der Waals surface area contributed by atoms with Crippen LogP contribution in [-0.2, 0) is 0 Å². The lowest BCUT2D eigenvalue weighted by molar-refractivity contribution is 0.458. The fourth-order valence-corrected chi connectivity index (χ4v) is 6.87. The van der Waals surface area contributed by atoms with E-state index in [4.69, 9.17) is 13.9 Å². The van der Waals surface area contributed by atoms with Gasteiger partial charge in [-0.15, -0.1) is 0 Å². The quantitative estimate of drug-likeness (QED) is 0.238. The first kappa shape index (κ1) is 21.3. The summed E-state index contributed by atoms with van der Waals surface area (Å²) in [7, 11) is 0. The van der Waals surface area contributed by atoms with Gasteiger partial charge in [0.2, 0.25) is 0 Å². The molecule has 0 bridgehead atoms. The molecule has 7 heteroatoms. The number of hydrogen-bond donors (Lipinski definition) is 0. The van der Waals surface area contributed by atoms with Gasteiger partial charge in [0.25, 0.3) is 6.71 Å². The molecule has 0 fully saturated rings. The number of rotatable bonds is 1. The van der Waals surface area contributed by atoms with Gasteiger partial charge in [-0.3, -0.25) is 9.97 Å². The molecular formula is C34H18BN3O3. The number of para-hydroxylation sites is 3. The van der Waals surface area contributed by atoms with Crippen LogP contribution in [0.5, 0.6) is 23.0 Å². The molecule has 0 saturated heterocycles. The van der Waals surface area contributed by atoms with E-state index in [0.29, 0.717) is 11.5 Å². The zero-order chi connectivity index (χ0) is 26.7. The van der Waals surface area contributed by atoms with E-state index in [1.165, 1.54) is 10.8 Å². The fraction of sp³-hybridized carbons (Fsp3) is 0. The molecule has 0 spiro atoms. The van der Waals surface area contributed by atoms with Crippen molar-refractivity contribution in [2.75, 3.05) is 0 Å². The Kier molecular flexibility index (Phi) is 3.92. The minimum Gasteiger partial charge on any atom is -0.456 e. The zero-order valence-electron chi connectivity index (χ0n) is 21.5. The summed E-state index contributed by atoms with van der Waals surface area (Å²) in [4.78, 5) is 8.82. The minimum atomic E-state index is -0.136. The van der Waals surface area contributed by atoms with Gasteiger partial charge in [0.05, 0.1) is 35.0 Å². The molecule has 41 heavy (non-hydrogen) atoms. The summed E-state index contributed by atoms with van der Waals surface area (Å²) in [6.45, 7) is -0.136. The number of aromatic nitrogens is 3. The van der Waals surface area contributed by atoms with Crippen LogP contribution < -0.4 is 25.9 Å². The largest absolute Gasteiger partial charge is 0.456 e. The summed E-state index contributed by atoms with van der Waals surface area (Å²) in [6.07, 6.45) is 7.13. The Bertz CT molecular complexity index is 2350. The maximum atomic E-state index is 6.90. The molecule has 0 amide bonds. The number of hydrogen-bond acceptors (Lipinski definition) is 5. The number of ether oxygens (including phenoxy) is 2. The van der Waals surface area contributed by atoms with Crippen molar-refractivity contribution < 1.29 is 13.9 Å². The number of benzene rings is 4. The molecule has 0 atom stereocenters. The van der Waals surface area contributed by atoms with Crippen molar-refractivity contribution in [3.05, 3.63) is 110 Å². The van der Waals surface area contributed by atoms with Crippen LogP contribution in [0, 0.1) is 0 Å². The highest BCUT2D eigenvalue weighted by Crippen LogP contribution is 2.45. The van der Waals surface area contributed by atoms with E-state index in [1.807, 2.05) is 24.4 Å². The number of furan rings is 1. The molecule has 4 aromatic heterocycles. The molecule has 6 heterocycles. The summed E-state index contributed by atoms with van der Waals surface area (Å²) in [6, 6.07) is 29.5. The first-order valence-electron chi connectivity index (χ1n) is 13.6. The first-order valence-corrected chi connectivity index (χ1v) is 13.6. The third kappa shape index (κ3) is 2.67. The third-order valence-corrected chi connectivity index (χ3v) is 8.50. The molecular weight excluding hydrogens is 509 g/mol. The van der Waals surface area contributed by atoms with Gasteiger partial charge in [-0.1, -0.05) is 54.6 Å². The van der Waals surface area contributed by atoms with Crippen molar-refractivity contribution in [3.63, 3.8) is 0 Å². The molecule has 10 rings (SSSR count). The maximum absolute atomic E-state index is 6.90. The molecule has 8 aromatic rings. The van der Waals surface area contributed by atoms with Gasteiger partial charge in [-0.05, 0) is 41.3 Å². The molecule has 190 valence electrons. The Morgan fingerprint density at radius 1 is 0.610 bits per heavy atom. The van der Waals surface area contributed by atoms with E-state index in [-0.39, 0.29) is 6.71 Å². The van der Waals surface area contributed by atoms with Crippen LogP contribution in [0.1, 0.15) is 0 Å². The van der Waals surface area contributed by atoms with Gasteiger partial charge in [0, 0.05) is 27.8 Å². The summed E-state index contributed by atoms with van der Waals surface area (Å²) < 4.78 is 22.1. The van der Waals surface area contributed by atoms with E-state index in [0.717, 1.165) is 66.5 Å². The lowest BCUT2D eigenvalue weighted by atomic mass is 9.35. The Hall–Kier alpha value is -5.56. The van der Waals surface area contributed by atoms with Crippen LogP contribution >= 0.6 is 0 Å². The van der Waals surface area contributed by atoms with E-state index in [9.17, 15) is 0 Å². The number of nitrogens with zero attached hydrogens (tertiary/aromatic N) is 3.